The summed E-state index contributed by atoms with van der Waals surface area (Å²) >= 11 is 0. The zero-order chi connectivity index (χ0) is 24.0. The molecule has 1 fully saturated rings. The molecule has 0 aliphatic carbocycles. The van der Waals surface area contributed by atoms with Crippen molar-refractivity contribution in [3.05, 3.63) is 0 Å². The lowest BCUT2D eigenvalue weighted by Gasteiger charge is -2.31. The van der Waals surface area contributed by atoms with Gasteiger partial charge in [-0.1, -0.05) is 0 Å². The van der Waals surface area contributed by atoms with Crippen molar-refractivity contribution in [1.29, 1.82) is 0 Å². The normalized spacial score (nSPS) is 23.2. The Morgan fingerprint density at radius 3 is 1.39 bits per heavy atom. The van der Waals surface area contributed by atoms with Gasteiger partial charge in [0.15, 0.2) is 0 Å². The second-order valence-electron chi connectivity index (χ2n) is 7.05. The van der Waals surface area contributed by atoms with Crippen molar-refractivity contribution in [1.82, 2.24) is 4.90 Å². The van der Waals surface area contributed by atoms with E-state index in [1.807, 2.05) is 0 Å². The minimum Gasteiger partial charge on any atom is -0.377 e. The molecule has 0 aromatic heterocycles. The molecular weight excluding hydrogens is 466 g/mol. The first-order valence-electron chi connectivity index (χ1n) is 9.57. The standard InChI is InChI=1S/C16H33F4NO8Si2/c1-23-30(24-2,25-3)11-7-9-21(10-8-12-31(26-4,27-5)28-6)13-14(17,22)15(18)16(19,20)29-15/h22H,7-13H2,1-6H3. The van der Waals surface area contributed by atoms with Crippen molar-refractivity contribution in [2.75, 3.05) is 62.3 Å². The van der Waals surface area contributed by atoms with Gasteiger partial charge in [-0.15, -0.1) is 0 Å². The van der Waals surface area contributed by atoms with Crippen molar-refractivity contribution >= 4 is 17.6 Å². The molecule has 0 bridgehead atoms. The second kappa shape index (κ2) is 11.3. The third kappa shape index (κ3) is 6.66. The van der Waals surface area contributed by atoms with Crippen LogP contribution in [0.15, 0.2) is 0 Å². The van der Waals surface area contributed by atoms with Gasteiger partial charge in [-0.25, -0.2) is 4.39 Å². The maximum Gasteiger partial charge on any atom is 0.500 e. The van der Waals surface area contributed by atoms with Crippen LogP contribution in [0.25, 0.3) is 0 Å². The number of hydrogen-bond acceptors (Lipinski definition) is 9. The lowest BCUT2D eigenvalue weighted by atomic mass is 10.1. The number of epoxide rings is 1. The first kappa shape index (κ1) is 28.8. The summed E-state index contributed by atoms with van der Waals surface area (Å²) in [6, 6.07) is 0.663. The fourth-order valence-corrected chi connectivity index (χ4v) is 6.68. The number of rotatable bonds is 17. The Hall–Kier alpha value is -0.206. The molecular formula is C16H33F4NO8Si2. The van der Waals surface area contributed by atoms with Crippen LogP contribution in [0.5, 0.6) is 0 Å². The molecule has 1 saturated heterocycles. The van der Waals surface area contributed by atoms with Crippen LogP contribution in [-0.2, 0) is 31.3 Å². The van der Waals surface area contributed by atoms with Crippen molar-refractivity contribution in [3.63, 3.8) is 0 Å². The third-order valence-electron chi connectivity index (χ3n) is 5.31. The highest BCUT2D eigenvalue weighted by Gasteiger charge is 2.87. The number of alkyl halides is 4. The van der Waals surface area contributed by atoms with E-state index in [0.717, 1.165) is 0 Å². The topological polar surface area (TPSA) is 91.4 Å². The molecule has 1 N–H and O–H groups in total. The molecule has 0 radical (unpaired) electrons. The molecule has 0 aromatic rings. The van der Waals surface area contributed by atoms with E-state index in [1.54, 1.807) is 0 Å². The average molecular weight is 500 g/mol. The van der Waals surface area contributed by atoms with Gasteiger partial charge in [0.2, 0.25) is 0 Å². The molecule has 31 heavy (non-hydrogen) atoms. The Balaban J connectivity index is 2.82. The summed E-state index contributed by atoms with van der Waals surface area (Å²) in [5.41, 5.74) is 0. The Morgan fingerprint density at radius 1 is 0.806 bits per heavy atom. The summed E-state index contributed by atoms with van der Waals surface area (Å²) in [5.74, 6) is -8.01. The van der Waals surface area contributed by atoms with E-state index in [0.29, 0.717) is 24.9 Å². The van der Waals surface area contributed by atoms with Crippen molar-refractivity contribution < 1.29 is 54.0 Å². The van der Waals surface area contributed by atoms with Gasteiger partial charge < -0.3 is 31.7 Å². The molecule has 0 aromatic carbocycles. The first-order valence-corrected chi connectivity index (χ1v) is 13.4. The second-order valence-corrected chi connectivity index (χ2v) is 13.2. The average Bonchev–Trinajstić information content (AvgIpc) is 3.28. The quantitative estimate of drug-likeness (QED) is 0.183. The van der Waals surface area contributed by atoms with Crippen LogP contribution in [0.1, 0.15) is 12.8 Å². The fraction of sp³-hybridized carbons (Fsp3) is 1.00. The largest absolute Gasteiger partial charge is 0.500 e. The molecule has 1 heterocycles. The first-order chi connectivity index (χ1) is 14.4. The monoisotopic (exact) mass is 499 g/mol. The van der Waals surface area contributed by atoms with Gasteiger partial charge in [0.1, 0.15) is 0 Å². The van der Waals surface area contributed by atoms with E-state index in [9.17, 15) is 22.7 Å². The highest BCUT2D eigenvalue weighted by Crippen LogP contribution is 2.58. The summed E-state index contributed by atoms with van der Waals surface area (Å²) in [6.45, 7) is -0.817. The van der Waals surface area contributed by atoms with Gasteiger partial charge in [-0.2, -0.15) is 13.2 Å². The van der Waals surface area contributed by atoms with Gasteiger partial charge in [-0.05, 0) is 25.9 Å². The van der Waals surface area contributed by atoms with Gasteiger partial charge in [0.25, 0.3) is 5.85 Å². The van der Waals surface area contributed by atoms with Crippen LogP contribution in [0.2, 0.25) is 12.1 Å². The van der Waals surface area contributed by atoms with E-state index in [1.165, 1.54) is 47.6 Å². The Bertz CT molecular complexity index is 515. The van der Waals surface area contributed by atoms with E-state index < -0.39 is 42.0 Å². The lowest BCUT2D eigenvalue weighted by molar-refractivity contribution is -0.208. The van der Waals surface area contributed by atoms with E-state index in [2.05, 4.69) is 4.74 Å². The summed E-state index contributed by atoms with van der Waals surface area (Å²) in [5, 5.41) is 9.80. The van der Waals surface area contributed by atoms with Gasteiger partial charge >= 0.3 is 29.6 Å². The Kier molecular flexibility index (Phi) is 10.5. The molecule has 2 atom stereocenters. The summed E-state index contributed by atoms with van der Waals surface area (Å²) in [6.07, 6.45) is -3.71. The van der Waals surface area contributed by atoms with Crippen molar-refractivity contribution in [2.24, 2.45) is 0 Å². The third-order valence-corrected chi connectivity index (χ3v) is 11.0. The smallest absolute Gasteiger partial charge is 0.377 e. The maximum absolute atomic E-state index is 14.5. The van der Waals surface area contributed by atoms with E-state index >= 15 is 0 Å². The number of hydrogen-bond donors (Lipinski definition) is 1. The van der Waals surface area contributed by atoms with Crippen LogP contribution >= 0.6 is 0 Å². The molecule has 1 rings (SSSR count). The van der Waals surface area contributed by atoms with Gasteiger partial charge in [0, 0.05) is 54.7 Å². The lowest BCUT2D eigenvalue weighted by Crippen LogP contribution is -2.51. The van der Waals surface area contributed by atoms with E-state index in [-0.39, 0.29) is 13.1 Å². The molecule has 0 spiro atoms. The molecule has 0 amide bonds. The number of ether oxygens (including phenoxy) is 1. The molecule has 9 nitrogen and oxygen atoms in total. The summed E-state index contributed by atoms with van der Waals surface area (Å²) in [7, 11) is 2.74. The minimum absolute atomic E-state index is 0.111. The fourth-order valence-electron chi connectivity index (χ4n) is 3.27. The molecule has 0 saturated carbocycles. The Morgan fingerprint density at radius 2 is 1.13 bits per heavy atom. The molecule has 15 heteroatoms. The van der Waals surface area contributed by atoms with Crippen LogP contribution in [-0.4, -0.2) is 108 Å². The van der Waals surface area contributed by atoms with Crippen LogP contribution in [0.4, 0.5) is 17.6 Å². The summed E-state index contributed by atoms with van der Waals surface area (Å²) < 4.78 is 90.2. The Labute approximate surface area is 182 Å². The molecule has 2 unspecified atom stereocenters. The molecule has 186 valence electrons. The zero-order valence-electron chi connectivity index (χ0n) is 18.7. The highest BCUT2D eigenvalue weighted by atomic mass is 28.4. The predicted octanol–water partition coefficient (Wildman–Crippen LogP) is 1.77. The minimum atomic E-state index is -4.39. The number of aliphatic hydroxyl groups is 1. The van der Waals surface area contributed by atoms with Crippen LogP contribution in [0.3, 0.4) is 0 Å². The van der Waals surface area contributed by atoms with Crippen LogP contribution in [0, 0.1) is 0 Å². The van der Waals surface area contributed by atoms with E-state index in [4.69, 9.17) is 26.6 Å². The molecule has 1 aliphatic heterocycles. The molecule has 1 aliphatic rings. The predicted molar refractivity (Wildman–Crippen MR) is 105 cm³/mol. The van der Waals surface area contributed by atoms with Crippen LogP contribution < -0.4 is 0 Å². The highest BCUT2D eigenvalue weighted by molar-refractivity contribution is 6.60. The maximum atomic E-state index is 14.5. The van der Waals surface area contributed by atoms with Gasteiger partial charge in [0.05, 0.1) is 6.54 Å². The number of halogens is 4. The number of nitrogens with zero attached hydrogens (tertiary/aromatic N) is 1. The SMILES string of the molecule is CO[Si](CCCN(CCC[Si](OC)(OC)OC)CC(O)(F)C1(F)OC1(F)F)(OC)OC. The van der Waals surface area contributed by atoms with Gasteiger partial charge in [-0.3, -0.25) is 9.64 Å². The van der Waals surface area contributed by atoms with Crippen molar-refractivity contribution in [2.45, 2.75) is 42.7 Å². The zero-order valence-corrected chi connectivity index (χ0v) is 20.7. The summed E-state index contributed by atoms with van der Waals surface area (Å²) in [4.78, 5) is 1.30. The van der Waals surface area contributed by atoms with Crippen molar-refractivity contribution in [3.8, 4) is 0 Å².